The molecule has 0 aliphatic rings. The van der Waals surface area contributed by atoms with E-state index in [2.05, 4.69) is 10.6 Å². The van der Waals surface area contributed by atoms with Crippen molar-refractivity contribution < 1.29 is 9.59 Å². The Morgan fingerprint density at radius 2 is 1.59 bits per heavy atom. The highest BCUT2D eigenvalue weighted by molar-refractivity contribution is 5.96. The van der Waals surface area contributed by atoms with Crippen LogP contribution < -0.4 is 16.4 Å². The van der Waals surface area contributed by atoms with Gasteiger partial charge in [0.15, 0.2) is 0 Å². The predicted octanol–water partition coefficient (Wildman–Crippen LogP) is 1.62. The monoisotopic (exact) mass is 297 g/mol. The lowest BCUT2D eigenvalue weighted by atomic mass is 10.1. The van der Waals surface area contributed by atoms with Gasteiger partial charge in [-0.15, -0.1) is 0 Å². The Kier molecular flexibility index (Phi) is 5.14. The fourth-order valence-corrected chi connectivity index (χ4v) is 1.87. The van der Waals surface area contributed by atoms with E-state index in [-0.39, 0.29) is 18.4 Å². The lowest BCUT2D eigenvalue weighted by Crippen LogP contribution is -2.36. The molecule has 2 aromatic carbocycles. The van der Waals surface area contributed by atoms with Crippen LogP contribution in [0.5, 0.6) is 0 Å². The SMILES string of the molecule is Cc1ccc(CNC(=O)CNC(=O)c2ccc(N)cc2)cc1. The molecule has 2 amide bonds. The van der Waals surface area contributed by atoms with Crippen molar-refractivity contribution in [2.45, 2.75) is 13.5 Å². The molecule has 0 saturated carbocycles. The summed E-state index contributed by atoms with van der Waals surface area (Å²) in [5, 5.41) is 5.33. The van der Waals surface area contributed by atoms with Crippen molar-refractivity contribution in [3.05, 3.63) is 65.2 Å². The van der Waals surface area contributed by atoms with Crippen LogP contribution in [0.3, 0.4) is 0 Å². The first-order chi connectivity index (χ1) is 10.5. The molecule has 0 radical (unpaired) electrons. The summed E-state index contributed by atoms with van der Waals surface area (Å²) in [6, 6.07) is 14.4. The van der Waals surface area contributed by atoms with Gasteiger partial charge >= 0.3 is 0 Å². The zero-order chi connectivity index (χ0) is 15.9. The van der Waals surface area contributed by atoms with E-state index in [1.807, 2.05) is 31.2 Å². The lowest BCUT2D eigenvalue weighted by Gasteiger charge is -2.07. The van der Waals surface area contributed by atoms with Crippen molar-refractivity contribution in [3.8, 4) is 0 Å². The predicted molar refractivity (Wildman–Crippen MR) is 86.2 cm³/mol. The molecular formula is C17H19N3O2. The van der Waals surface area contributed by atoms with E-state index in [1.165, 1.54) is 5.56 Å². The average Bonchev–Trinajstić information content (AvgIpc) is 2.52. The van der Waals surface area contributed by atoms with Crippen LogP contribution in [0.15, 0.2) is 48.5 Å². The quantitative estimate of drug-likeness (QED) is 0.733. The standard InChI is InChI=1S/C17H19N3O2/c1-12-2-4-13(5-3-12)10-19-16(21)11-20-17(22)14-6-8-15(18)9-7-14/h2-9H,10-11,18H2,1H3,(H,19,21)(H,20,22). The van der Waals surface area contributed by atoms with E-state index >= 15 is 0 Å². The van der Waals surface area contributed by atoms with Crippen LogP contribution in [0, 0.1) is 6.92 Å². The van der Waals surface area contributed by atoms with Crippen LogP contribution in [0.2, 0.25) is 0 Å². The van der Waals surface area contributed by atoms with Gasteiger partial charge in [0, 0.05) is 17.8 Å². The van der Waals surface area contributed by atoms with Crippen molar-refractivity contribution in [3.63, 3.8) is 0 Å². The van der Waals surface area contributed by atoms with Gasteiger partial charge in [0.2, 0.25) is 5.91 Å². The van der Waals surface area contributed by atoms with Gasteiger partial charge in [0.25, 0.3) is 5.91 Å². The summed E-state index contributed by atoms with van der Waals surface area (Å²) in [6.45, 7) is 2.39. The maximum absolute atomic E-state index is 11.8. The molecule has 5 heteroatoms. The van der Waals surface area contributed by atoms with E-state index < -0.39 is 0 Å². The minimum Gasteiger partial charge on any atom is -0.399 e. The van der Waals surface area contributed by atoms with Crippen molar-refractivity contribution in [1.82, 2.24) is 10.6 Å². The number of nitrogens with two attached hydrogens (primary N) is 1. The van der Waals surface area contributed by atoms with Gasteiger partial charge in [-0.05, 0) is 36.8 Å². The molecule has 0 aliphatic carbocycles. The summed E-state index contributed by atoms with van der Waals surface area (Å²) in [5.74, 6) is -0.533. The largest absolute Gasteiger partial charge is 0.399 e. The summed E-state index contributed by atoms with van der Waals surface area (Å²) >= 11 is 0. The molecule has 0 atom stereocenters. The van der Waals surface area contributed by atoms with Gasteiger partial charge in [-0.3, -0.25) is 9.59 Å². The third-order valence-electron chi connectivity index (χ3n) is 3.19. The molecule has 0 aromatic heterocycles. The molecule has 0 spiro atoms. The number of anilines is 1. The lowest BCUT2D eigenvalue weighted by molar-refractivity contribution is -0.120. The Hall–Kier alpha value is -2.82. The summed E-state index contributed by atoms with van der Waals surface area (Å²) in [5.41, 5.74) is 8.81. The van der Waals surface area contributed by atoms with E-state index in [9.17, 15) is 9.59 Å². The number of amides is 2. The van der Waals surface area contributed by atoms with Gasteiger partial charge in [0.05, 0.1) is 6.54 Å². The third-order valence-corrected chi connectivity index (χ3v) is 3.19. The summed E-state index contributed by atoms with van der Waals surface area (Å²) < 4.78 is 0. The number of hydrogen-bond donors (Lipinski definition) is 3. The Balaban J connectivity index is 1.76. The molecule has 22 heavy (non-hydrogen) atoms. The zero-order valence-electron chi connectivity index (χ0n) is 12.4. The van der Waals surface area contributed by atoms with Crippen LogP contribution in [0.4, 0.5) is 5.69 Å². The number of rotatable bonds is 5. The molecule has 0 unspecified atom stereocenters. The Morgan fingerprint density at radius 3 is 2.23 bits per heavy atom. The second-order valence-electron chi connectivity index (χ2n) is 5.07. The second-order valence-corrected chi connectivity index (χ2v) is 5.07. The smallest absolute Gasteiger partial charge is 0.251 e. The summed E-state index contributed by atoms with van der Waals surface area (Å²) in [4.78, 5) is 23.6. The van der Waals surface area contributed by atoms with Gasteiger partial charge in [0.1, 0.15) is 0 Å². The van der Waals surface area contributed by atoms with Crippen molar-refractivity contribution in [1.29, 1.82) is 0 Å². The molecule has 0 heterocycles. The molecule has 5 nitrogen and oxygen atoms in total. The van der Waals surface area contributed by atoms with E-state index in [4.69, 9.17) is 5.73 Å². The molecule has 2 rings (SSSR count). The number of nitrogen functional groups attached to an aromatic ring is 1. The van der Waals surface area contributed by atoms with Gasteiger partial charge in [-0.1, -0.05) is 29.8 Å². The number of hydrogen-bond acceptors (Lipinski definition) is 3. The average molecular weight is 297 g/mol. The van der Waals surface area contributed by atoms with Crippen LogP contribution >= 0.6 is 0 Å². The van der Waals surface area contributed by atoms with Gasteiger partial charge in [-0.25, -0.2) is 0 Å². The molecule has 114 valence electrons. The van der Waals surface area contributed by atoms with Crippen LogP contribution in [0.1, 0.15) is 21.5 Å². The first kappa shape index (κ1) is 15.6. The van der Waals surface area contributed by atoms with E-state index in [0.29, 0.717) is 17.8 Å². The fourth-order valence-electron chi connectivity index (χ4n) is 1.87. The highest BCUT2D eigenvalue weighted by Gasteiger charge is 2.07. The fraction of sp³-hybridized carbons (Fsp3) is 0.176. The Bertz CT molecular complexity index is 649. The molecule has 2 aromatic rings. The molecule has 0 aliphatic heterocycles. The van der Waals surface area contributed by atoms with Crippen LogP contribution in [0.25, 0.3) is 0 Å². The van der Waals surface area contributed by atoms with E-state index in [0.717, 1.165) is 5.56 Å². The maximum Gasteiger partial charge on any atom is 0.251 e. The van der Waals surface area contributed by atoms with Crippen molar-refractivity contribution in [2.24, 2.45) is 0 Å². The Labute approximate surface area is 129 Å². The molecular weight excluding hydrogens is 278 g/mol. The number of carbonyl (C=O) groups excluding carboxylic acids is 2. The van der Waals surface area contributed by atoms with Crippen LogP contribution in [-0.2, 0) is 11.3 Å². The zero-order valence-corrected chi connectivity index (χ0v) is 12.4. The van der Waals surface area contributed by atoms with Crippen molar-refractivity contribution in [2.75, 3.05) is 12.3 Å². The second kappa shape index (κ2) is 7.26. The summed E-state index contributed by atoms with van der Waals surface area (Å²) in [7, 11) is 0. The molecule has 0 saturated heterocycles. The minimum absolute atomic E-state index is 0.0604. The summed E-state index contributed by atoms with van der Waals surface area (Å²) in [6.07, 6.45) is 0. The van der Waals surface area contributed by atoms with Gasteiger partial charge < -0.3 is 16.4 Å². The van der Waals surface area contributed by atoms with Crippen LogP contribution in [-0.4, -0.2) is 18.4 Å². The molecule has 0 fully saturated rings. The number of nitrogens with one attached hydrogen (secondary N) is 2. The minimum atomic E-state index is -0.300. The highest BCUT2D eigenvalue weighted by atomic mass is 16.2. The first-order valence-electron chi connectivity index (χ1n) is 7.00. The van der Waals surface area contributed by atoms with E-state index in [1.54, 1.807) is 24.3 Å². The number of carbonyl (C=O) groups is 2. The third kappa shape index (κ3) is 4.63. The molecule has 0 bridgehead atoms. The maximum atomic E-state index is 11.8. The normalized spacial score (nSPS) is 10.0. The molecule has 4 N–H and O–H groups in total. The van der Waals surface area contributed by atoms with Gasteiger partial charge in [-0.2, -0.15) is 0 Å². The van der Waals surface area contributed by atoms with Crippen molar-refractivity contribution >= 4 is 17.5 Å². The highest BCUT2D eigenvalue weighted by Crippen LogP contribution is 2.05. The topological polar surface area (TPSA) is 84.2 Å². The Morgan fingerprint density at radius 1 is 0.955 bits per heavy atom. The first-order valence-corrected chi connectivity index (χ1v) is 7.00. The number of benzene rings is 2. The number of aryl methyl sites for hydroxylation is 1.